The summed E-state index contributed by atoms with van der Waals surface area (Å²) in [5.41, 5.74) is 1.62. The number of para-hydroxylation sites is 1. The molecule has 1 aromatic heterocycles. The molecule has 5 nitrogen and oxygen atoms in total. The van der Waals surface area contributed by atoms with Gasteiger partial charge < -0.3 is 0 Å². The zero-order chi connectivity index (χ0) is 13.1. The van der Waals surface area contributed by atoms with Crippen LogP contribution in [0.2, 0.25) is 0 Å². The Hall–Kier alpha value is -2.43. The van der Waals surface area contributed by atoms with E-state index in [9.17, 15) is 14.9 Å². The molecule has 0 bridgehead atoms. The molecule has 1 aromatic carbocycles. The van der Waals surface area contributed by atoms with Crippen LogP contribution in [-0.4, -0.2) is 21.9 Å². The largest absolute Gasteiger partial charge is 0.287 e. The molecule has 0 spiro atoms. The normalized spacial score (nSPS) is 11.2. The Bertz CT molecular complexity index is 641. The predicted octanol–water partition coefficient (Wildman–Crippen LogP) is 2.59. The first kappa shape index (κ1) is 12.0. The number of benzene rings is 1. The molecule has 0 amide bonds. The average Bonchev–Trinajstić information content (AvgIpc) is 2.68. The number of aromatic nitrogens is 1. The first-order chi connectivity index (χ1) is 8.59. The SMILES string of the molecule is CC(=O)n1cc(C=CC[N+](=O)[O-])c2ccccc21. The van der Waals surface area contributed by atoms with Crippen LogP contribution < -0.4 is 0 Å². The van der Waals surface area contributed by atoms with E-state index in [0.29, 0.717) is 0 Å². The standard InChI is InChI=1S/C13H12N2O3/c1-10(16)14-9-11(5-4-8-15(17)18)12-6-2-3-7-13(12)14/h2-7,9H,8H2,1H3. The van der Waals surface area contributed by atoms with Gasteiger partial charge in [-0.3, -0.25) is 19.5 Å². The molecule has 0 unspecified atom stereocenters. The number of carbonyl (C=O) groups is 1. The molecule has 0 N–H and O–H groups in total. The second-order valence-electron chi connectivity index (χ2n) is 3.91. The Balaban J connectivity index is 2.48. The lowest BCUT2D eigenvalue weighted by Gasteiger charge is -1.96. The van der Waals surface area contributed by atoms with Crippen LogP contribution in [0.25, 0.3) is 17.0 Å². The zero-order valence-corrected chi connectivity index (χ0v) is 9.87. The lowest BCUT2D eigenvalue weighted by atomic mass is 10.1. The molecule has 0 radical (unpaired) electrons. The molecule has 18 heavy (non-hydrogen) atoms. The van der Waals surface area contributed by atoms with E-state index in [1.54, 1.807) is 16.8 Å². The van der Waals surface area contributed by atoms with Crippen molar-refractivity contribution in [1.29, 1.82) is 0 Å². The van der Waals surface area contributed by atoms with Gasteiger partial charge in [0.25, 0.3) is 0 Å². The van der Waals surface area contributed by atoms with E-state index in [4.69, 9.17) is 0 Å². The van der Waals surface area contributed by atoms with Gasteiger partial charge in [-0.1, -0.05) is 24.3 Å². The van der Waals surface area contributed by atoms with E-state index < -0.39 is 4.92 Å². The van der Waals surface area contributed by atoms with Gasteiger partial charge >= 0.3 is 0 Å². The molecule has 92 valence electrons. The first-order valence-electron chi connectivity index (χ1n) is 5.49. The Morgan fingerprint density at radius 2 is 2.17 bits per heavy atom. The van der Waals surface area contributed by atoms with Crippen molar-refractivity contribution in [3.63, 3.8) is 0 Å². The van der Waals surface area contributed by atoms with Crippen molar-refractivity contribution in [3.8, 4) is 0 Å². The summed E-state index contributed by atoms with van der Waals surface area (Å²) in [6.45, 7) is 1.26. The Morgan fingerprint density at radius 1 is 1.44 bits per heavy atom. The number of nitro groups is 1. The third kappa shape index (κ3) is 2.29. The number of rotatable bonds is 3. The third-order valence-corrected chi connectivity index (χ3v) is 2.63. The monoisotopic (exact) mass is 244 g/mol. The van der Waals surface area contributed by atoms with Gasteiger partial charge in [-0.05, 0) is 12.1 Å². The quantitative estimate of drug-likeness (QED) is 0.615. The number of nitrogens with zero attached hydrogens (tertiary/aromatic N) is 2. The van der Waals surface area contributed by atoms with Crippen molar-refractivity contribution >= 4 is 22.9 Å². The van der Waals surface area contributed by atoms with Gasteiger partial charge in [-0.25, -0.2) is 0 Å². The van der Waals surface area contributed by atoms with Gasteiger partial charge in [0.05, 0.1) is 5.52 Å². The van der Waals surface area contributed by atoms with Crippen molar-refractivity contribution in [2.24, 2.45) is 0 Å². The molecular formula is C13H12N2O3. The maximum Gasteiger partial charge on any atom is 0.227 e. The lowest BCUT2D eigenvalue weighted by molar-refractivity contribution is -0.468. The number of hydrogen-bond acceptors (Lipinski definition) is 3. The van der Waals surface area contributed by atoms with E-state index in [1.807, 2.05) is 24.3 Å². The second kappa shape index (κ2) is 4.83. The summed E-state index contributed by atoms with van der Waals surface area (Å²) < 4.78 is 1.54. The average molecular weight is 244 g/mol. The highest BCUT2D eigenvalue weighted by Gasteiger charge is 2.08. The molecule has 2 aromatic rings. The van der Waals surface area contributed by atoms with Gasteiger partial charge in [0.15, 0.2) is 0 Å². The molecule has 0 fully saturated rings. The summed E-state index contributed by atoms with van der Waals surface area (Å²) in [5.74, 6) is -0.0832. The van der Waals surface area contributed by atoms with Crippen molar-refractivity contribution in [2.75, 3.05) is 6.54 Å². The van der Waals surface area contributed by atoms with E-state index in [1.165, 1.54) is 13.0 Å². The molecule has 0 saturated carbocycles. The van der Waals surface area contributed by atoms with E-state index >= 15 is 0 Å². The van der Waals surface area contributed by atoms with Crippen molar-refractivity contribution in [3.05, 3.63) is 52.2 Å². The molecule has 5 heteroatoms. The highest BCUT2D eigenvalue weighted by Crippen LogP contribution is 2.22. The fourth-order valence-electron chi connectivity index (χ4n) is 1.87. The predicted molar refractivity (Wildman–Crippen MR) is 69.1 cm³/mol. The van der Waals surface area contributed by atoms with Crippen molar-refractivity contribution < 1.29 is 9.72 Å². The third-order valence-electron chi connectivity index (χ3n) is 2.63. The second-order valence-corrected chi connectivity index (χ2v) is 3.91. The van der Waals surface area contributed by atoms with Crippen LogP contribution in [-0.2, 0) is 0 Å². The van der Waals surface area contributed by atoms with Gasteiger partial charge in [-0.2, -0.15) is 0 Å². The fourth-order valence-corrected chi connectivity index (χ4v) is 1.87. The number of hydrogen-bond donors (Lipinski definition) is 0. The van der Waals surface area contributed by atoms with Gasteiger partial charge in [-0.15, -0.1) is 0 Å². The van der Waals surface area contributed by atoms with Crippen molar-refractivity contribution in [1.82, 2.24) is 4.57 Å². The van der Waals surface area contributed by atoms with Gasteiger partial charge in [0.1, 0.15) is 0 Å². The number of carbonyl (C=O) groups excluding carboxylic acids is 1. The van der Waals surface area contributed by atoms with Crippen LogP contribution >= 0.6 is 0 Å². The van der Waals surface area contributed by atoms with Crippen LogP contribution in [0.5, 0.6) is 0 Å². The smallest absolute Gasteiger partial charge is 0.227 e. The van der Waals surface area contributed by atoms with Gasteiger partial charge in [0, 0.05) is 29.0 Å². The maximum atomic E-state index is 11.5. The molecule has 0 aliphatic carbocycles. The summed E-state index contributed by atoms with van der Waals surface area (Å²) in [7, 11) is 0. The van der Waals surface area contributed by atoms with E-state index in [2.05, 4.69) is 0 Å². The molecule has 0 aliphatic heterocycles. The highest BCUT2D eigenvalue weighted by molar-refractivity contribution is 5.96. The Kier molecular flexibility index (Phi) is 3.23. The zero-order valence-electron chi connectivity index (χ0n) is 9.87. The lowest BCUT2D eigenvalue weighted by Crippen LogP contribution is -2.02. The molecule has 1 heterocycles. The van der Waals surface area contributed by atoms with Crippen LogP contribution in [0.1, 0.15) is 17.3 Å². The Labute approximate surface area is 103 Å². The minimum absolute atomic E-state index is 0.0832. The first-order valence-corrected chi connectivity index (χ1v) is 5.49. The molecule has 2 rings (SSSR count). The van der Waals surface area contributed by atoms with E-state index in [-0.39, 0.29) is 12.5 Å². The van der Waals surface area contributed by atoms with Crippen LogP contribution in [0.3, 0.4) is 0 Å². The van der Waals surface area contributed by atoms with Crippen LogP contribution in [0, 0.1) is 10.1 Å². The van der Waals surface area contributed by atoms with Crippen LogP contribution in [0.15, 0.2) is 36.5 Å². The topological polar surface area (TPSA) is 65.1 Å². The molecular weight excluding hydrogens is 232 g/mol. The Morgan fingerprint density at radius 3 is 2.83 bits per heavy atom. The highest BCUT2D eigenvalue weighted by atomic mass is 16.6. The van der Waals surface area contributed by atoms with Crippen LogP contribution in [0.4, 0.5) is 0 Å². The summed E-state index contributed by atoms with van der Waals surface area (Å²) in [6, 6.07) is 7.46. The maximum absolute atomic E-state index is 11.5. The summed E-state index contributed by atoms with van der Waals surface area (Å²) in [6.07, 6.45) is 4.85. The fraction of sp³-hybridized carbons (Fsp3) is 0.154. The van der Waals surface area contributed by atoms with Gasteiger partial charge in [0.2, 0.25) is 12.5 Å². The summed E-state index contributed by atoms with van der Waals surface area (Å²) in [5, 5.41) is 11.2. The molecule has 0 atom stereocenters. The number of fused-ring (bicyclic) bond motifs is 1. The summed E-state index contributed by atoms with van der Waals surface area (Å²) in [4.78, 5) is 21.3. The molecule has 0 saturated heterocycles. The summed E-state index contributed by atoms with van der Waals surface area (Å²) >= 11 is 0. The molecule has 0 aliphatic rings. The van der Waals surface area contributed by atoms with Crippen molar-refractivity contribution in [2.45, 2.75) is 6.92 Å². The minimum atomic E-state index is -0.402. The van der Waals surface area contributed by atoms with E-state index in [0.717, 1.165) is 16.5 Å². The minimum Gasteiger partial charge on any atom is -0.287 e.